The number of nitrogens with one attached hydrogen (secondary N) is 2. The SMILES string of the molecule is CCOc1cc(F)c(CCNC(=S)Nc2ncccc2Cl)c(F)c1. The maximum Gasteiger partial charge on any atom is 0.171 e. The predicted octanol–water partition coefficient (Wildman–Crippen LogP) is 3.94. The van der Waals surface area contributed by atoms with Gasteiger partial charge in [0, 0.05) is 30.4 Å². The number of ether oxygens (including phenoxy) is 1. The number of aromatic nitrogens is 1. The van der Waals surface area contributed by atoms with E-state index in [4.69, 9.17) is 28.6 Å². The summed E-state index contributed by atoms with van der Waals surface area (Å²) in [6, 6.07) is 5.71. The summed E-state index contributed by atoms with van der Waals surface area (Å²) in [4.78, 5) is 4.04. The van der Waals surface area contributed by atoms with E-state index in [9.17, 15) is 8.78 Å². The van der Waals surface area contributed by atoms with Crippen LogP contribution < -0.4 is 15.4 Å². The van der Waals surface area contributed by atoms with Crippen LogP contribution in [0.3, 0.4) is 0 Å². The van der Waals surface area contributed by atoms with Crippen LogP contribution in [0.2, 0.25) is 5.02 Å². The number of thiocarbonyl (C=S) groups is 1. The van der Waals surface area contributed by atoms with Gasteiger partial charge in [0.2, 0.25) is 0 Å². The standard InChI is InChI=1S/C16H16ClF2N3OS/c1-2-23-10-8-13(18)11(14(19)9-10)5-7-21-16(24)22-15-12(17)4-3-6-20-15/h3-4,6,8-9H,2,5,7H2,1H3,(H2,20,21,22,24). The number of pyridine rings is 1. The van der Waals surface area contributed by atoms with Crippen LogP contribution in [0.4, 0.5) is 14.6 Å². The smallest absolute Gasteiger partial charge is 0.171 e. The Morgan fingerprint density at radius 2 is 2.04 bits per heavy atom. The van der Waals surface area contributed by atoms with E-state index in [0.29, 0.717) is 17.4 Å². The van der Waals surface area contributed by atoms with E-state index >= 15 is 0 Å². The van der Waals surface area contributed by atoms with Crippen molar-refractivity contribution in [3.63, 3.8) is 0 Å². The molecule has 2 N–H and O–H groups in total. The van der Waals surface area contributed by atoms with Gasteiger partial charge in [-0.15, -0.1) is 0 Å². The maximum absolute atomic E-state index is 13.9. The molecule has 1 aromatic carbocycles. The van der Waals surface area contributed by atoms with Gasteiger partial charge in [-0.05, 0) is 37.7 Å². The van der Waals surface area contributed by atoms with E-state index in [1.54, 1.807) is 25.3 Å². The van der Waals surface area contributed by atoms with Crippen molar-refractivity contribution in [2.24, 2.45) is 0 Å². The Bertz CT molecular complexity index is 707. The number of nitrogens with zero attached hydrogens (tertiary/aromatic N) is 1. The van der Waals surface area contributed by atoms with Crippen molar-refractivity contribution in [1.82, 2.24) is 10.3 Å². The summed E-state index contributed by atoms with van der Waals surface area (Å²) >= 11 is 11.1. The van der Waals surface area contributed by atoms with E-state index in [1.807, 2.05) is 0 Å². The minimum Gasteiger partial charge on any atom is -0.494 e. The number of rotatable bonds is 6. The molecule has 0 spiro atoms. The van der Waals surface area contributed by atoms with Crippen LogP contribution in [0.25, 0.3) is 0 Å². The third-order valence-corrected chi connectivity index (χ3v) is 3.63. The molecule has 2 rings (SSSR count). The Labute approximate surface area is 149 Å². The summed E-state index contributed by atoms with van der Waals surface area (Å²) in [5.74, 6) is -0.708. The first-order valence-corrected chi connectivity index (χ1v) is 8.06. The monoisotopic (exact) mass is 371 g/mol. The Morgan fingerprint density at radius 3 is 2.67 bits per heavy atom. The quantitative estimate of drug-likeness (QED) is 0.753. The Morgan fingerprint density at radius 1 is 1.33 bits per heavy atom. The van der Waals surface area contributed by atoms with Crippen LogP contribution in [-0.4, -0.2) is 23.2 Å². The number of benzene rings is 1. The summed E-state index contributed by atoms with van der Waals surface area (Å²) in [7, 11) is 0. The second kappa shape index (κ2) is 8.75. The molecule has 2 aromatic rings. The van der Waals surface area contributed by atoms with Crippen molar-refractivity contribution in [2.75, 3.05) is 18.5 Å². The summed E-state index contributed by atoms with van der Waals surface area (Å²) in [6.45, 7) is 2.34. The number of halogens is 3. The molecular formula is C16H16ClF2N3OS. The molecule has 0 saturated carbocycles. The fraction of sp³-hybridized carbons (Fsp3) is 0.250. The van der Waals surface area contributed by atoms with Crippen LogP contribution in [0.1, 0.15) is 12.5 Å². The largest absolute Gasteiger partial charge is 0.494 e. The van der Waals surface area contributed by atoms with Gasteiger partial charge in [0.25, 0.3) is 0 Å². The van der Waals surface area contributed by atoms with Gasteiger partial charge in [-0.3, -0.25) is 0 Å². The second-order valence-corrected chi connectivity index (χ2v) is 5.58. The molecule has 0 aliphatic rings. The van der Waals surface area contributed by atoms with Gasteiger partial charge in [0.05, 0.1) is 11.6 Å². The molecule has 0 fully saturated rings. The van der Waals surface area contributed by atoms with Gasteiger partial charge in [-0.1, -0.05) is 11.6 Å². The molecule has 1 aromatic heterocycles. The molecule has 0 unspecified atom stereocenters. The summed E-state index contributed by atoms with van der Waals surface area (Å²) in [5.41, 5.74) is -0.0235. The molecule has 0 radical (unpaired) electrons. The highest BCUT2D eigenvalue weighted by Gasteiger charge is 2.12. The minimum absolute atomic E-state index is 0.0235. The highest BCUT2D eigenvalue weighted by molar-refractivity contribution is 7.80. The fourth-order valence-electron chi connectivity index (χ4n) is 2.00. The zero-order valence-electron chi connectivity index (χ0n) is 12.9. The third kappa shape index (κ3) is 5.01. The second-order valence-electron chi connectivity index (χ2n) is 4.76. The van der Waals surface area contributed by atoms with Crippen molar-refractivity contribution < 1.29 is 13.5 Å². The lowest BCUT2D eigenvalue weighted by Gasteiger charge is -2.12. The molecule has 1 heterocycles. The zero-order valence-corrected chi connectivity index (χ0v) is 14.5. The lowest BCUT2D eigenvalue weighted by Crippen LogP contribution is -2.30. The molecular weight excluding hydrogens is 356 g/mol. The minimum atomic E-state index is -0.646. The zero-order chi connectivity index (χ0) is 17.5. The highest BCUT2D eigenvalue weighted by Crippen LogP contribution is 2.21. The van der Waals surface area contributed by atoms with Gasteiger partial charge in [0.1, 0.15) is 17.4 Å². The van der Waals surface area contributed by atoms with Crippen LogP contribution in [0.15, 0.2) is 30.5 Å². The number of anilines is 1. The first kappa shape index (κ1) is 18.4. The number of hydrogen-bond acceptors (Lipinski definition) is 3. The average molecular weight is 372 g/mol. The van der Waals surface area contributed by atoms with E-state index in [2.05, 4.69) is 15.6 Å². The van der Waals surface area contributed by atoms with Gasteiger partial charge in [0.15, 0.2) is 10.9 Å². The van der Waals surface area contributed by atoms with Crippen molar-refractivity contribution in [3.8, 4) is 5.75 Å². The van der Waals surface area contributed by atoms with Gasteiger partial charge >= 0.3 is 0 Å². The summed E-state index contributed by atoms with van der Waals surface area (Å²) in [6.07, 6.45) is 1.70. The van der Waals surface area contributed by atoms with Gasteiger partial charge in [-0.2, -0.15) is 0 Å². The first-order chi connectivity index (χ1) is 11.5. The maximum atomic E-state index is 13.9. The molecule has 0 saturated heterocycles. The van der Waals surface area contributed by atoms with Crippen LogP contribution in [0.5, 0.6) is 5.75 Å². The van der Waals surface area contributed by atoms with Crippen molar-refractivity contribution in [2.45, 2.75) is 13.3 Å². The van der Waals surface area contributed by atoms with E-state index < -0.39 is 11.6 Å². The Hall–Kier alpha value is -1.99. The Balaban J connectivity index is 1.90. The average Bonchev–Trinajstić information content (AvgIpc) is 2.52. The van der Waals surface area contributed by atoms with Crippen molar-refractivity contribution in [1.29, 1.82) is 0 Å². The van der Waals surface area contributed by atoms with Gasteiger partial charge in [-0.25, -0.2) is 13.8 Å². The molecule has 4 nitrogen and oxygen atoms in total. The molecule has 0 bridgehead atoms. The molecule has 0 amide bonds. The third-order valence-electron chi connectivity index (χ3n) is 3.08. The van der Waals surface area contributed by atoms with Gasteiger partial charge < -0.3 is 15.4 Å². The van der Waals surface area contributed by atoms with Crippen LogP contribution >= 0.6 is 23.8 Å². The Kier molecular flexibility index (Phi) is 6.69. The summed E-state index contributed by atoms with van der Waals surface area (Å²) < 4.78 is 33.0. The molecule has 0 atom stereocenters. The molecule has 128 valence electrons. The van der Waals surface area contributed by atoms with Crippen molar-refractivity contribution in [3.05, 3.63) is 52.7 Å². The van der Waals surface area contributed by atoms with Crippen LogP contribution in [0, 0.1) is 11.6 Å². The molecule has 0 aliphatic carbocycles. The summed E-state index contributed by atoms with van der Waals surface area (Å²) in [5, 5.41) is 6.37. The molecule has 0 aliphatic heterocycles. The number of hydrogen-bond donors (Lipinski definition) is 2. The molecule has 8 heteroatoms. The van der Waals surface area contributed by atoms with E-state index in [1.165, 1.54) is 12.1 Å². The van der Waals surface area contributed by atoms with E-state index in [-0.39, 0.29) is 29.4 Å². The topological polar surface area (TPSA) is 46.2 Å². The fourth-order valence-corrected chi connectivity index (χ4v) is 2.37. The lowest BCUT2D eigenvalue weighted by molar-refractivity contribution is 0.335. The van der Waals surface area contributed by atoms with Crippen molar-refractivity contribution >= 4 is 34.7 Å². The highest BCUT2D eigenvalue weighted by atomic mass is 35.5. The lowest BCUT2D eigenvalue weighted by atomic mass is 10.1. The van der Waals surface area contributed by atoms with E-state index in [0.717, 1.165) is 0 Å². The predicted molar refractivity (Wildman–Crippen MR) is 94.7 cm³/mol. The molecule has 24 heavy (non-hydrogen) atoms. The normalized spacial score (nSPS) is 10.3. The first-order valence-electron chi connectivity index (χ1n) is 7.27. The van der Waals surface area contributed by atoms with Crippen LogP contribution in [-0.2, 0) is 6.42 Å².